The van der Waals surface area contributed by atoms with Gasteiger partial charge in [-0.1, -0.05) is 11.6 Å². The average Bonchev–Trinajstić information content (AvgIpc) is 3.48. The molecule has 2 aliphatic heterocycles. The van der Waals surface area contributed by atoms with Crippen LogP contribution in [-0.2, 0) is 19.0 Å². The number of carbonyl (C=O) groups excluding carboxylic acids is 3. The first kappa shape index (κ1) is 26.1. The molecule has 194 valence electrons. The zero-order valence-electron chi connectivity index (χ0n) is 19.2. The highest BCUT2D eigenvalue weighted by Gasteiger charge is 2.35. The van der Waals surface area contributed by atoms with Crippen LogP contribution >= 0.6 is 22.9 Å². The summed E-state index contributed by atoms with van der Waals surface area (Å²) in [6, 6.07) is 8.31. The molecule has 2 fully saturated rings. The van der Waals surface area contributed by atoms with Crippen molar-refractivity contribution in [3.63, 3.8) is 0 Å². The van der Waals surface area contributed by atoms with Gasteiger partial charge in [0.15, 0.2) is 0 Å². The van der Waals surface area contributed by atoms with Crippen molar-refractivity contribution in [1.82, 2.24) is 5.32 Å². The molecule has 3 amide bonds. The second-order valence-electron chi connectivity index (χ2n) is 7.83. The Morgan fingerprint density at radius 3 is 2.81 bits per heavy atom. The SMILES string of the molecule is O=C(NCC1CN(c2ccc(N3CCOCC3=O)cc2OCCOCCF)C(=O)O1)c1ccc(Cl)s1. The molecule has 0 radical (unpaired) electrons. The molecule has 2 saturated heterocycles. The number of morpholine rings is 1. The van der Waals surface area contributed by atoms with Crippen LogP contribution < -0.4 is 19.9 Å². The lowest BCUT2D eigenvalue weighted by atomic mass is 10.2. The van der Waals surface area contributed by atoms with Gasteiger partial charge in [-0.2, -0.15) is 0 Å². The van der Waals surface area contributed by atoms with Gasteiger partial charge in [-0.05, 0) is 24.3 Å². The number of rotatable bonds is 11. The van der Waals surface area contributed by atoms with Gasteiger partial charge in [0.25, 0.3) is 11.8 Å². The van der Waals surface area contributed by atoms with Crippen LogP contribution in [0.3, 0.4) is 0 Å². The van der Waals surface area contributed by atoms with E-state index in [4.69, 9.17) is 30.5 Å². The third-order valence-corrected chi connectivity index (χ3v) is 6.63. The molecule has 1 atom stereocenters. The quantitative estimate of drug-likeness (QED) is 0.436. The summed E-state index contributed by atoms with van der Waals surface area (Å²) in [7, 11) is 0. The van der Waals surface area contributed by atoms with Crippen molar-refractivity contribution in [2.75, 3.05) is 69.1 Å². The average molecular weight is 542 g/mol. The summed E-state index contributed by atoms with van der Waals surface area (Å²) in [4.78, 5) is 40.7. The number of ether oxygens (including phenoxy) is 4. The summed E-state index contributed by atoms with van der Waals surface area (Å²) in [5, 5.41) is 2.75. The van der Waals surface area contributed by atoms with Crippen LogP contribution in [0, 0.1) is 0 Å². The van der Waals surface area contributed by atoms with E-state index in [-0.39, 0.29) is 51.3 Å². The molecule has 36 heavy (non-hydrogen) atoms. The largest absolute Gasteiger partial charge is 0.489 e. The Labute approximate surface area is 215 Å². The normalized spacial score (nSPS) is 17.9. The van der Waals surface area contributed by atoms with Gasteiger partial charge in [0, 0.05) is 18.3 Å². The molecule has 0 saturated carbocycles. The molecule has 10 nitrogen and oxygen atoms in total. The summed E-state index contributed by atoms with van der Waals surface area (Å²) in [6.45, 7) is 0.691. The molecule has 1 N–H and O–H groups in total. The van der Waals surface area contributed by atoms with Gasteiger partial charge in [-0.3, -0.25) is 14.5 Å². The molecule has 4 rings (SSSR count). The second-order valence-corrected chi connectivity index (χ2v) is 9.55. The van der Waals surface area contributed by atoms with E-state index in [1.54, 1.807) is 35.2 Å². The molecule has 13 heteroatoms. The predicted octanol–water partition coefficient (Wildman–Crippen LogP) is 2.88. The standard InChI is InChI=1S/C23H25ClFN3O7S/c24-20-4-3-19(36-20)22(30)26-12-16-13-28(23(31)35-16)17-2-1-15(27-6-8-33-14-21(27)29)11-18(17)34-10-9-32-7-5-25/h1-4,11,16H,5-10,12-14H2,(H,26,30). The van der Waals surface area contributed by atoms with E-state index in [2.05, 4.69) is 5.32 Å². The number of nitrogens with one attached hydrogen (secondary N) is 1. The van der Waals surface area contributed by atoms with Gasteiger partial charge in [0.1, 0.15) is 31.7 Å². The van der Waals surface area contributed by atoms with Gasteiger partial charge in [-0.15, -0.1) is 11.3 Å². The first-order chi connectivity index (χ1) is 17.5. The Hall–Kier alpha value is -2.93. The van der Waals surface area contributed by atoms with Crippen molar-refractivity contribution < 1.29 is 37.7 Å². The van der Waals surface area contributed by atoms with Crippen molar-refractivity contribution in [3.8, 4) is 5.75 Å². The molecule has 2 aromatic rings. The van der Waals surface area contributed by atoms with E-state index < -0.39 is 18.9 Å². The number of alkyl halides is 1. The van der Waals surface area contributed by atoms with Gasteiger partial charge < -0.3 is 29.2 Å². The highest BCUT2D eigenvalue weighted by molar-refractivity contribution is 7.18. The molecule has 3 heterocycles. The van der Waals surface area contributed by atoms with Crippen molar-refractivity contribution >= 4 is 52.2 Å². The topological polar surface area (TPSA) is 107 Å². The van der Waals surface area contributed by atoms with Gasteiger partial charge in [0.2, 0.25) is 0 Å². The maximum Gasteiger partial charge on any atom is 0.414 e. The fourth-order valence-electron chi connectivity index (χ4n) is 3.72. The van der Waals surface area contributed by atoms with Crippen LogP contribution in [0.5, 0.6) is 5.75 Å². The Morgan fingerprint density at radius 2 is 2.06 bits per heavy atom. The maximum absolute atomic E-state index is 12.7. The van der Waals surface area contributed by atoms with Gasteiger partial charge in [-0.25, -0.2) is 9.18 Å². The predicted molar refractivity (Wildman–Crippen MR) is 131 cm³/mol. The van der Waals surface area contributed by atoms with Crippen molar-refractivity contribution in [2.45, 2.75) is 6.10 Å². The first-order valence-electron chi connectivity index (χ1n) is 11.3. The molecule has 0 bridgehead atoms. The number of anilines is 2. The van der Waals surface area contributed by atoms with E-state index in [9.17, 15) is 18.8 Å². The first-order valence-corrected chi connectivity index (χ1v) is 12.5. The number of halogens is 2. The van der Waals surface area contributed by atoms with E-state index >= 15 is 0 Å². The molecule has 1 aromatic carbocycles. The third-order valence-electron chi connectivity index (χ3n) is 5.40. The highest BCUT2D eigenvalue weighted by atomic mass is 35.5. The van der Waals surface area contributed by atoms with Crippen LogP contribution in [0.25, 0.3) is 0 Å². The molecule has 1 aromatic heterocycles. The number of benzene rings is 1. The monoisotopic (exact) mass is 541 g/mol. The lowest BCUT2D eigenvalue weighted by Gasteiger charge is -2.28. The van der Waals surface area contributed by atoms with Crippen LogP contribution in [0.2, 0.25) is 4.34 Å². The molecule has 1 unspecified atom stereocenters. The van der Waals surface area contributed by atoms with Gasteiger partial charge >= 0.3 is 6.09 Å². The van der Waals surface area contributed by atoms with Crippen LogP contribution in [0.15, 0.2) is 30.3 Å². The van der Waals surface area contributed by atoms with Crippen molar-refractivity contribution in [1.29, 1.82) is 0 Å². The summed E-state index contributed by atoms with van der Waals surface area (Å²) < 4.78 is 34.4. The van der Waals surface area contributed by atoms with E-state index in [0.29, 0.717) is 39.5 Å². The zero-order valence-corrected chi connectivity index (χ0v) is 20.8. The maximum atomic E-state index is 12.7. The third kappa shape index (κ3) is 6.44. The number of thiophene rings is 1. The number of hydrogen-bond donors (Lipinski definition) is 1. The second kappa shape index (κ2) is 12.3. The highest BCUT2D eigenvalue weighted by Crippen LogP contribution is 2.35. The lowest BCUT2D eigenvalue weighted by Crippen LogP contribution is -2.41. The van der Waals surface area contributed by atoms with E-state index in [1.165, 1.54) is 4.90 Å². The minimum Gasteiger partial charge on any atom is -0.489 e. The summed E-state index contributed by atoms with van der Waals surface area (Å²) in [5.41, 5.74) is 1.03. The number of cyclic esters (lactones) is 1. The minimum absolute atomic E-state index is 0.0153. The Kier molecular flexibility index (Phi) is 8.97. The smallest absolute Gasteiger partial charge is 0.414 e. The van der Waals surface area contributed by atoms with E-state index in [0.717, 1.165) is 11.3 Å². The Bertz CT molecular complexity index is 1100. The molecule has 2 aliphatic rings. The Morgan fingerprint density at radius 1 is 1.19 bits per heavy atom. The lowest BCUT2D eigenvalue weighted by molar-refractivity contribution is -0.125. The van der Waals surface area contributed by atoms with Crippen LogP contribution in [-0.4, -0.2) is 83.4 Å². The van der Waals surface area contributed by atoms with Crippen LogP contribution in [0.4, 0.5) is 20.6 Å². The van der Waals surface area contributed by atoms with Gasteiger partial charge in [0.05, 0.1) is 47.8 Å². The fourth-order valence-corrected chi connectivity index (χ4v) is 4.68. The number of carbonyl (C=O) groups is 3. The number of nitrogens with zero attached hydrogens (tertiary/aromatic N) is 2. The fraction of sp³-hybridized carbons (Fsp3) is 0.435. The summed E-state index contributed by atoms with van der Waals surface area (Å²) in [6.07, 6.45) is -1.18. The summed E-state index contributed by atoms with van der Waals surface area (Å²) >= 11 is 7.04. The van der Waals surface area contributed by atoms with E-state index in [1.807, 2.05) is 0 Å². The Balaban J connectivity index is 1.45. The zero-order chi connectivity index (χ0) is 25.5. The molecular weight excluding hydrogens is 517 g/mol. The van der Waals surface area contributed by atoms with Crippen molar-refractivity contribution in [2.24, 2.45) is 0 Å². The molecular formula is C23H25ClFN3O7S. The molecule has 0 spiro atoms. The molecule has 0 aliphatic carbocycles. The minimum atomic E-state index is -0.600. The van der Waals surface area contributed by atoms with Crippen LogP contribution in [0.1, 0.15) is 9.67 Å². The summed E-state index contributed by atoms with van der Waals surface area (Å²) in [5.74, 6) is -0.154. The number of amides is 3. The van der Waals surface area contributed by atoms with Crippen molar-refractivity contribution in [3.05, 3.63) is 39.5 Å². The number of hydrogen-bond acceptors (Lipinski definition) is 8.